The van der Waals surface area contributed by atoms with Gasteiger partial charge in [0.05, 0.1) is 20.8 Å². The third-order valence-electron chi connectivity index (χ3n) is 1.82. The summed E-state index contributed by atoms with van der Waals surface area (Å²) in [7, 11) is 0. The molecule has 3 N–H and O–H groups in total. The maximum absolute atomic E-state index is 5.97. The Hall–Kier alpha value is -0.460. The molecule has 0 fully saturated rings. The first-order valence-corrected chi connectivity index (χ1v) is 5.09. The van der Waals surface area contributed by atoms with Gasteiger partial charge >= 0.3 is 0 Å². The lowest BCUT2D eigenvalue weighted by atomic mass is 10.2. The second-order valence-electron chi connectivity index (χ2n) is 2.61. The second kappa shape index (κ2) is 3.84. The van der Waals surface area contributed by atoms with Gasteiger partial charge in [-0.05, 0) is 5.21 Å². The number of halogens is 4. The largest absolute Gasteiger partial charge is 0.321 e. The number of nitrogens with two attached hydrogens (primary N) is 1. The fourth-order valence-corrected chi connectivity index (χ4v) is 2.22. The lowest BCUT2D eigenvalue weighted by Gasteiger charge is -2.08. The molecule has 0 unspecified atom stereocenters. The summed E-state index contributed by atoms with van der Waals surface area (Å²) >= 11 is 23.6. The van der Waals surface area contributed by atoms with Crippen LogP contribution in [0.2, 0.25) is 15.1 Å². The first-order valence-electron chi connectivity index (χ1n) is 3.62. The van der Waals surface area contributed by atoms with Crippen LogP contribution >= 0.6 is 46.6 Å². The number of fused-ring (bicyclic) bond motifs is 1. The summed E-state index contributed by atoms with van der Waals surface area (Å²) in [6, 6.07) is 0. The minimum atomic E-state index is 0.167. The second-order valence-corrected chi connectivity index (χ2v) is 4.06. The molecule has 1 aromatic heterocycles. The van der Waals surface area contributed by atoms with E-state index < -0.39 is 0 Å². The van der Waals surface area contributed by atoms with E-state index in [0.29, 0.717) is 11.0 Å². The molecule has 0 atom stereocenters. The number of hydrogen-bond donors (Lipinski definition) is 2. The molecule has 0 saturated heterocycles. The molecule has 0 aliphatic rings. The summed E-state index contributed by atoms with van der Waals surface area (Å²) in [6.07, 6.45) is 0. The van der Waals surface area contributed by atoms with E-state index in [1.54, 1.807) is 0 Å². The molecule has 80 valence electrons. The van der Waals surface area contributed by atoms with Crippen molar-refractivity contribution in [3.8, 4) is 0 Å². The minimum absolute atomic E-state index is 0.167. The number of rotatable bonds is 1. The summed E-state index contributed by atoms with van der Waals surface area (Å²) in [5.74, 6) is 5.25. The number of hydrogen-bond acceptors (Lipinski definition) is 4. The van der Waals surface area contributed by atoms with E-state index in [-0.39, 0.29) is 20.8 Å². The van der Waals surface area contributed by atoms with Gasteiger partial charge in [-0.1, -0.05) is 34.8 Å². The van der Waals surface area contributed by atoms with Gasteiger partial charge in [0, 0.05) is 11.8 Å². The molecule has 15 heavy (non-hydrogen) atoms. The molecule has 0 bridgehead atoms. The number of nitrogens with zero attached hydrogens (tertiary/aromatic N) is 3. The normalized spacial score (nSPS) is 11.0. The van der Waals surface area contributed by atoms with Gasteiger partial charge in [-0.15, -0.1) is 9.30 Å². The Kier molecular flexibility index (Phi) is 2.83. The Labute approximate surface area is 104 Å². The smallest absolute Gasteiger partial charge is 0.137 e. The molecule has 2 rings (SSSR count). The summed E-state index contributed by atoms with van der Waals surface area (Å²) in [4.78, 5) is 0. The van der Waals surface area contributed by atoms with E-state index in [0.717, 1.165) is 4.20 Å². The molecule has 1 aromatic carbocycles. The van der Waals surface area contributed by atoms with Gasteiger partial charge < -0.3 is 5.43 Å². The average Bonchev–Trinajstić information content (AvgIpc) is 2.58. The third kappa shape index (κ3) is 1.51. The Morgan fingerprint density at radius 3 is 2.40 bits per heavy atom. The van der Waals surface area contributed by atoms with Crippen LogP contribution in [0.15, 0.2) is 0 Å². The number of hydrazine groups is 1. The molecule has 0 saturated carbocycles. The highest BCUT2D eigenvalue weighted by Crippen LogP contribution is 2.42. The lowest BCUT2D eigenvalue weighted by molar-refractivity contribution is 0.900. The van der Waals surface area contributed by atoms with Crippen molar-refractivity contribution in [3.05, 3.63) is 15.1 Å². The lowest BCUT2D eigenvalue weighted by Crippen LogP contribution is -2.08. The number of benzene rings is 1. The highest BCUT2D eigenvalue weighted by Gasteiger charge is 2.20. The van der Waals surface area contributed by atoms with Crippen molar-refractivity contribution >= 4 is 63.3 Å². The van der Waals surface area contributed by atoms with E-state index >= 15 is 0 Å². The fraction of sp³-hybridized carbons (Fsp3) is 0. The standard InChI is InChI=1S/C6H3Cl4N5/c7-1-2(8)6-5(13-14-15(6)10)3(9)4(1)12-11/h12H,11H2. The van der Waals surface area contributed by atoms with Gasteiger partial charge in [0.25, 0.3) is 0 Å². The Bertz CT molecular complexity index is 536. The summed E-state index contributed by atoms with van der Waals surface area (Å²) < 4.78 is 0.968. The van der Waals surface area contributed by atoms with Crippen LogP contribution in [0.3, 0.4) is 0 Å². The van der Waals surface area contributed by atoms with Gasteiger partial charge in [0.15, 0.2) is 0 Å². The van der Waals surface area contributed by atoms with Crippen molar-refractivity contribution in [2.24, 2.45) is 5.84 Å². The molecule has 0 radical (unpaired) electrons. The van der Waals surface area contributed by atoms with Crippen LogP contribution in [-0.2, 0) is 0 Å². The summed E-state index contributed by atoms with van der Waals surface area (Å²) in [5, 5.41) is 7.88. The quantitative estimate of drug-likeness (QED) is 0.480. The molecule has 0 aliphatic heterocycles. The zero-order valence-electron chi connectivity index (χ0n) is 6.93. The van der Waals surface area contributed by atoms with E-state index in [2.05, 4.69) is 15.7 Å². The highest BCUT2D eigenvalue weighted by atomic mass is 35.5. The zero-order chi connectivity index (χ0) is 11.2. The monoisotopic (exact) mass is 285 g/mol. The number of aromatic nitrogens is 3. The van der Waals surface area contributed by atoms with Crippen molar-refractivity contribution in [3.63, 3.8) is 0 Å². The van der Waals surface area contributed by atoms with E-state index in [9.17, 15) is 0 Å². The molecule has 1 heterocycles. The van der Waals surface area contributed by atoms with E-state index in [4.69, 9.17) is 52.4 Å². The molecular weight excluding hydrogens is 284 g/mol. The van der Waals surface area contributed by atoms with Crippen LogP contribution in [0.4, 0.5) is 5.69 Å². The Morgan fingerprint density at radius 1 is 1.13 bits per heavy atom. The SMILES string of the molecule is NNc1c(Cl)c(Cl)c2c(nnn2Cl)c1Cl. The topological polar surface area (TPSA) is 68.8 Å². The fourth-order valence-electron chi connectivity index (χ4n) is 1.15. The Balaban J connectivity index is 2.98. The van der Waals surface area contributed by atoms with Crippen molar-refractivity contribution in [2.45, 2.75) is 0 Å². The molecule has 0 amide bonds. The highest BCUT2D eigenvalue weighted by molar-refractivity contribution is 6.50. The van der Waals surface area contributed by atoms with Gasteiger partial charge in [-0.25, -0.2) is 0 Å². The predicted octanol–water partition coefficient (Wildman–Crippen LogP) is 2.68. The van der Waals surface area contributed by atoms with E-state index in [1.165, 1.54) is 0 Å². The third-order valence-corrected chi connectivity index (χ3v) is 3.27. The molecule has 9 heteroatoms. The first-order chi connectivity index (χ1) is 7.07. The predicted molar refractivity (Wildman–Crippen MR) is 61.6 cm³/mol. The van der Waals surface area contributed by atoms with Crippen molar-refractivity contribution in [1.29, 1.82) is 0 Å². The molecule has 0 spiro atoms. The van der Waals surface area contributed by atoms with Gasteiger partial charge in [0.2, 0.25) is 0 Å². The molecule has 0 aliphatic carbocycles. The molecular formula is C6H3Cl4N5. The Morgan fingerprint density at radius 2 is 1.80 bits per heavy atom. The number of nitrogens with one attached hydrogen (secondary N) is 1. The molecule has 2 aromatic rings. The molecule has 5 nitrogen and oxygen atoms in total. The van der Waals surface area contributed by atoms with Crippen molar-refractivity contribution in [1.82, 2.24) is 14.5 Å². The maximum atomic E-state index is 5.97. The van der Waals surface area contributed by atoms with Crippen LogP contribution in [0.1, 0.15) is 0 Å². The van der Waals surface area contributed by atoms with Gasteiger partial charge in [0.1, 0.15) is 11.0 Å². The van der Waals surface area contributed by atoms with Crippen LogP contribution < -0.4 is 11.3 Å². The average molecular weight is 287 g/mol. The van der Waals surface area contributed by atoms with Crippen LogP contribution in [-0.4, -0.2) is 14.5 Å². The van der Waals surface area contributed by atoms with Gasteiger partial charge in [-0.2, -0.15) is 0 Å². The first kappa shape index (κ1) is 11.0. The van der Waals surface area contributed by atoms with Crippen molar-refractivity contribution in [2.75, 3.05) is 5.43 Å². The van der Waals surface area contributed by atoms with Crippen LogP contribution in [0.5, 0.6) is 0 Å². The van der Waals surface area contributed by atoms with Gasteiger partial charge in [-0.3, -0.25) is 5.84 Å². The number of anilines is 1. The van der Waals surface area contributed by atoms with Crippen LogP contribution in [0.25, 0.3) is 11.0 Å². The van der Waals surface area contributed by atoms with Crippen molar-refractivity contribution < 1.29 is 0 Å². The summed E-state index contributed by atoms with van der Waals surface area (Å²) in [5.41, 5.74) is 3.29. The van der Waals surface area contributed by atoms with E-state index in [1.807, 2.05) is 0 Å². The minimum Gasteiger partial charge on any atom is -0.321 e. The number of nitrogen functional groups attached to an aromatic ring is 1. The maximum Gasteiger partial charge on any atom is 0.137 e. The van der Waals surface area contributed by atoms with Crippen LogP contribution in [0, 0.1) is 0 Å². The summed E-state index contributed by atoms with van der Waals surface area (Å²) in [6.45, 7) is 0. The zero-order valence-corrected chi connectivity index (χ0v) is 9.95.